The largest absolute Gasteiger partial charge is 0.388 e. The van der Waals surface area contributed by atoms with Gasteiger partial charge in [0.15, 0.2) is 0 Å². The van der Waals surface area contributed by atoms with Gasteiger partial charge in [-0.05, 0) is 18.6 Å². The quantitative estimate of drug-likeness (QED) is 0.751. The van der Waals surface area contributed by atoms with Crippen molar-refractivity contribution in [1.29, 1.82) is 0 Å². The van der Waals surface area contributed by atoms with Gasteiger partial charge in [0.05, 0.1) is 6.10 Å². The van der Waals surface area contributed by atoms with Gasteiger partial charge >= 0.3 is 0 Å². The Morgan fingerprint density at radius 3 is 3.00 bits per heavy atom. The Labute approximate surface area is 88.8 Å². The monoisotopic (exact) mass is 206 g/mol. The third-order valence-electron chi connectivity index (χ3n) is 2.62. The molecule has 2 atom stereocenters. The number of benzene rings is 1. The Kier molecular flexibility index (Phi) is 2.66. The number of rotatable bonds is 2. The van der Waals surface area contributed by atoms with Crippen LogP contribution in [-0.4, -0.2) is 17.0 Å². The molecule has 0 spiro atoms. The van der Waals surface area contributed by atoms with Crippen LogP contribution in [0.25, 0.3) is 0 Å². The standard InChI is InChI=1S/C12H14OS/c1-8(2)12(13)10-7-14-11-6-4-3-5-9(10)11/h3-6,10,12-13H,1,7H2,2H3. The summed E-state index contributed by atoms with van der Waals surface area (Å²) in [6.45, 7) is 5.70. The van der Waals surface area contributed by atoms with Gasteiger partial charge in [0.25, 0.3) is 0 Å². The van der Waals surface area contributed by atoms with Gasteiger partial charge in [-0.15, -0.1) is 11.8 Å². The van der Waals surface area contributed by atoms with Crippen molar-refractivity contribution < 1.29 is 5.11 Å². The zero-order valence-corrected chi connectivity index (χ0v) is 9.05. The highest BCUT2D eigenvalue weighted by Gasteiger charge is 2.28. The molecule has 0 fully saturated rings. The van der Waals surface area contributed by atoms with E-state index in [2.05, 4.69) is 18.7 Å². The zero-order valence-electron chi connectivity index (χ0n) is 8.23. The summed E-state index contributed by atoms with van der Waals surface area (Å²) >= 11 is 1.82. The van der Waals surface area contributed by atoms with Crippen LogP contribution in [0.1, 0.15) is 18.4 Å². The minimum absolute atomic E-state index is 0.230. The third-order valence-corrected chi connectivity index (χ3v) is 3.83. The predicted molar refractivity (Wildman–Crippen MR) is 60.7 cm³/mol. The summed E-state index contributed by atoms with van der Waals surface area (Å²) in [5, 5.41) is 9.96. The van der Waals surface area contributed by atoms with Crippen LogP contribution in [0.4, 0.5) is 0 Å². The SMILES string of the molecule is C=C(C)C(O)C1CSc2ccccc21. The molecule has 0 saturated heterocycles. The van der Waals surface area contributed by atoms with Crippen molar-refractivity contribution in [3.05, 3.63) is 42.0 Å². The molecule has 1 aliphatic heterocycles. The van der Waals surface area contributed by atoms with Crippen LogP contribution in [0, 0.1) is 0 Å². The lowest BCUT2D eigenvalue weighted by atomic mass is 9.92. The first-order valence-electron chi connectivity index (χ1n) is 4.75. The van der Waals surface area contributed by atoms with E-state index in [4.69, 9.17) is 0 Å². The topological polar surface area (TPSA) is 20.2 Å². The van der Waals surface area contributed by atoms with Crippen molar-refractivity contribution in [2.24, 2.45) is 0 Å². The first-order valence-corrected chi connectivity index (χ1v) is 5.74. The molecule has 1 N–H and O–H groups in total. The number of hydrogen-bond donors (Lipinski definition) is 1. The van der Waals surface area contributed by atoms with E-state index in [-0.39, 0.29) is 5.92 Å². The number of aliphatic hydroxyl groups is 1. The molecule has 1 heterocycles. The van der Waals surface area contributed by atoms with Crippen molar-refractivity contribution in [2.75, 3.05) is 5.75 Å². The normalized spacial score (nSPS) is 21.7. The molecule has 1 nitrogen and oxygen atoms in total. The number of thioether (sulfide) groups is 1. The molecule has 1 aliphatic rings. The fraction of sp³-hybridized carbons (Fsp3) is 0.333. The number of hydrogen-bond acceptors (Lipinski definition) is 2. The van der Waals surface area contributed by atoms with E-state index in [1.807, 2.05) is 30.8 Å². The van der Waals surface area contributed by atoms with E-state index >= 15 is 0 Å². The molecule has 0 bridgehead atoms. The molecule has 0 radical (unpaired) electrons. The van der Waals surface area contributed by atoms with Gasteiger partial charge in [-0.3, -0.25) is 0 Å². The third kappa shape index (κ3) is 1.60. The van der Waals surface area contributed by atoms with Crippen molar-refractivity contribution in [1.82, 2.24) is 0 Å². The van der Waals surface area contributed by atoms with Crippen molar-refractivity contribution in [3.8, 4) is 0 Å². The fourth-order valence-electron chi connectivity index (χ4n) is 1.79. The highest BCUT2D eigenvalue weighted by Crippen LogP contribution is 2.42. The molecule has 2 unspecified atom stereocenters. The predicted octanol–water partition coefficient (Wildman–Crippen LogP) is 2.81. The second-order valence-corrected chi connectivity index (χ2v) is 4.81. The molecule has 0 amide bonds. The smallest absolute Gasteiger partial charge is 0.0821 e. The van der Waals surface area contributed by atoms with E-state index in [9.17, 15) is 5.11 Å². The van der Waals surface area contributed by atoms with Crippen molar-refractivity contribution >= 4 is 11.8 Å². The molecule has 74 valence electrons. The minimum atomic E-state index is -0.397. The Bertz CT molecular complexity index is 359. The first kappa shape index (κ1) is 9.81. The molecule has 1 aromatic rings. The van der Waals surface area contributed by atoms with Crippen LogP contribution in [0.2, 0.25) is 0 Å². The molecule has 2 rings (SSSR count). The summed E-state index contributed by atoms with van der Waals surface area (Å²) in [5.41, 5.74) is 2.13. The molecule has 0 aliphatic carbocycles. The van der Waals surface area contributed by atoms with Gasteiger partial charge in [0.1, 0.15) is 0 Å². The maximum atomic E-state index is 9.96. The average molecular weight is 206 g/mol. The summed E-state index contributed by atoms with van der Waals surface area (Å²) in [7, 11) is 0. The van der Waals surface area contributed by atoms with Gasteiger partial charge in [0, 0.05) is 16.6 Å². The average Bonchev–Trinajstić information content (AvgIpc) is 2.60. The summed E-state index contributed by atoms with van der Waals surface area (Å²) in [6, 6.07) is 8.29. The Hall–Kier alpha value is -0.730. The van der Waals surface area contributed by atoms with Crippen LogP contribution in [0.3, 0.4) is 0 Å². The van der Waals surface area contributed by atoms with Gasteiger partial charge in [-0.25, -0.2) is 0 Å². The van der Waals surface area contributed by atoms with E-state index in [1.54, 1.807) is 0 Å². The van der Waals surface area contributed by atoms with Crippen LogP contribution in [0.15, 0.2) is 41.3 Å². The maximum Gasteiger partial charge on any atom is 0.0821 e. The Morgan fingerprint density at radius 1 is 1.57 bits per heavy atom. The van der Waals surface area contributed by atoms with E-state index < -0.39 is 6.10 Å². The zero-order chi connectivity index (χ0) is 10.1. The minimum Gasteiger partial charge on any atom is -0.388 e. The lowest BCUT2D eigenvalue weighted by Crippen LogP contribution is -2.18. The molecule has 2 heteroatoms. The van der Waals surface area contributed by atoms with Crippen molar-refractivity contribution in [3.63, 3.8) is 0 Å². The van der Waals surface area contributed by atoms with Crippen LogP contribution in [0.5, 0.6) is 0 Å². The van der Waals surface area contributed by atoms with Crippen LogP contribution < -0.4 is 0 Å². The van der Waals surface area contributed by atoms with Crippen LogP contribution in [-0.2, 0) is 0 Å². The van der Waals surface area contributed by atoms with Crippen LogP contribution >= 0.6 is 11.8 Å². The lowest BCUT2D eigenvalue weighted by molar-refractivity contribution is 0.187. The van der Waals surface area contributed by atoms with E-state index in [0.717, 1.165) is 11.3 Å². The molecule has 1 aromatic carbocycles. The fourth-order valence-corrected chi connectivity index (χ4v) is 3.07. The molecular weight excluding hydrogens is 192 g/mol. The highest BCUT2D eigenvalue weighted by molar-refractivity contribution is 7.99. The molecule has 14 heavy (non-hydrogen) atoms. The molecular formula is C12H14OS. The molecule has 0 aromatic heterocycles. The number of aliphatic hydroxyl groups excluding tert-OH is 1. The number of fused-ring (bicyclic) bond motifs is 1. The second kappa shape index (κ2) is 3.79. The summed E-state index contributed by atoms with van der Waals surface area (Å²) in [5.74, 6) is 1.20. The lowest BCUT2D eigenvalue weighted by Gasteiger charge is -2.18. The van der Waals surface area contributed by atoms with Gasteiger partial charge < -0.3 is 5.11 Å². The summed E-state index contributed by atoms with van der Waals surface area (Å²) in [6.07, 6.45) is -0.397. The van der Waals surface area contributed by atoms with E-state index in [0.29, 0.717) is 0 Å². The maximum absolute atomic E-state index is 9.96. The molecule has 0 saturated carbocycles. The van der Waals surface area contributed by atoms with Gasteiger partial charge in [-0.2, -0.15) is 0 Å². The Balaban J connectivity index is 2.30. The first-order chi connectivity index (χ1) is 6.70. The van der Waals surface area contributed by atoms with Gasteiger partial charge in [0.2, 0.25) is 0 Å². The van der Waals surface area contributed by atoms with Gasteiger partial charge in [-0.1, -0.05) is 30.4 Å². The highest BCUT2D eigenvalue weighted by atomic mass is 32.2. The Morgan fingerprint density at radius 2 is 2.29 bits per heavy atom. The van der Waals surface area contributed by atoms with Crippen molar-refractivity contribution in [2.45, 2.75) is 23.8 Å². The van der Waals surface area contributed by atoms with E-state index in [1.165, 1.54) is 10.5 Å². The summed E-state index contributed by atoms with van der Waals surface area (Å²) in [4.78, 5) is 1.30. The summed E-state index contributed by atoms with van der Waals surface area (Å²) < 4.78 is 0. The second-order valence-electron chi connectivity index (χ2n) is 3.75.